The molecule has 0 amide bonds. The Morgan fingerprint density at radius 2 is 2.14 bits per heavy atom. The number of aromatic nitrogens is 3. The van der Waals surface area contributed by atoms with Gasteiger partial charge in [-0.05, 0) is 36.5 Å². The van der Waals surface area contributed by atoms with Crippen LogP contribution in [0, 0.1) is 10.2 Å². The van der Waals surface area contributed by atoms with E-state index in [1.165, 1.54) is 30.2 Å². The Labute approximate surface area is 129 Å². The number of imidazole rings is 1. The molecule has 1 N–H and O–H groups in total. The number of hydrogen-bond acceptors (Lipinski definition) is 2. The molecule has 1 atom stereocenters. The summed E-state index contributed by atoms with van der Waals surface area (Å²) in [6.07, 6.45) is 5.64. The fourth-order valence-electron chi connectivity index (χ4n) is 3.84. The van der Waals surface area contributed by atoms with E-state index in [1.807, 2.05) is 12.3 Å². The van der Waals surface area contributed by atoms with Crippen LogP contribution in [0.4, 0.5) is 0 Å². The molecule has 1 saturated carbocycles. The van der Waals surface area contributed by atoms with Gasteiger partial charge in [0.25, 0.3) is 0 Å². The molecule has 0 saturated heterocycles. The average molecular weight is 297 g/mol. The molecule has 1 fully saturated rings. The Morgan fingerprint density at radius 3 is 2.90 bits per heavy atom. The van der Waals surface area contributed by atoms with Gasteiger partial charge in [-0.3, -0.25) is 4.98 Å². The van der Waals surface area contributed by atoms with Crippen LogP contribution in [0.15, 0.2) is 30.5 Å². The molecule has 21 heavy (non-hydrogen) atoms. The van der Waals surface area contributed by atoms with Crippen LogP contribution in [0.1, 0.15) is 39.2 Å². The van der Waals surface area contributed by atoms with E-state index in [0.29, 0.717) is 6.04 Å². The van der Waals surface area contributed by atoms with Crippen molar-refractivity contribution in [3.05, 3.63) is 35.2 Å². The summed E-state index contributed by atoms with van der Waals surface area (Å²) in [7, 11) is 0. The highest BCUT2D eigenvalue weighted by molar-refractivity contribution is 7.71. The van der Waals surface area contributed by atoms with E-state index >= 15 is 0 Å². The number of aromatic amines is 1. The Kier molecular flexibility index (Phi) is 2.73. The maximum atomic E-state index is 5.63. The van der Waals surface area contributed by atoms with Crippen LogP contribution in [-0.4, -0.2) is 14.5 Å². The van der Waals surface area contributed by atoms with Crippen LogP contribution >= 0.6 is 12.2 Å². The third-order valence-corrected chi connectivity index (χ3v) is 5.26. The van der Waals surface area contributed by atoms with Gasteiger partial charge in [0.1, 0.15) is 0 Å². The van der Waals surface area contributed by atoms with E-state index in [1.54, 1.807) is 0 Å². The molecule has 4 rings (SSSR count). The molecule has 2 aromatic heterocycles. The predicted molar refractivity (Wildman–Crippen MR) is 89.1 cm³/mol. The minimum absolute atomic E-state index is 0.289. The first-order chi connectivity index (χ1) is 10.1. The van der Waals surface area contributed by atoms with Gasteiger partial charge >= 0.3 is 0 Å². The van der Waals surface area contributed by atoms with Gasteiger partial charge in [0, 0.05) is 11.4 Å². The maximum absolute atomic E-state index is 5.63. The normalized spacial score (nSPS) is 21.3. The summed E-state index contributed by atoms with van der Waals surface area (Å²) in [5, 5.41) is 1.19. The largest absolute Gasteiger partial charge is 0.329 e. The van der Waals surface area contributed by atoms with Crippen LogP contribution in [-0.2, 0) is 0 Å². The van der Waals surface area contributed by atoms with Gasteiger partial charge < -0.3 is 9.55 Å². The van der Waals surface area contributed by atoms with Crippen molar-refractivity contribution in [1.82, 2.24) is 14.5 Å². The number of nitrogens with one attached hydrogen (secondary N) is 1. The SMILES string of the molecule is CC1(C)CCCC1n1c(=S)[nH]c2cnc3ccccc3c21. The number of pyridine rings is 1. The monoisotopic (exact) mass is 297 g/mol. The molecule has 1 aromatic carbocycles. The molecule has 108 valence electrons. The molecule has 1 aliphatic carbocycles. The molecule has 0 spiro atoms. The first kappa shape index (κ1) is 13.0. The number of fused-ring (bicyclic) bond motifs is 3. The molecular formula is C17H19N3S. The lowest BCUT2D eigenvalue weighted by molar-refractivity contribution is 0.264. The minimum atomic E-state index is 0.289. The van der Waals surface area contributed by atoms with Crippen LogP contribution in [0.5, 0.6) is 0 Å². The van der Waals surface area contributed by atoms with Crippen LogP contribution in [0.25, 0.3) is 21.9 Å². The second kappa shape index (κ2) is 4.41. The molecule has 2 heterocycles. The number of nitrogens with zero attached hydrogens (tertiary/aromatic N) is 2. The molecule has 1 aliphatic rings. The van der Waals surface area contributed by atoms with E-state index in [9.17, 15) is 0 Å². The Balaban J connectivity index is 2.11. The van der Waals surface area contributed by atoms with Crippen molar-refractivity contribution >= 4 is 34.2 Å². The van der Waals surface area contributed by atoms with Crippen LogP contribution in [0.3, 0.4) is 0 Å². The maximum Gasteiger partial charge on any atom is 0.178 e. The van der Waals surface area contributed by atoms with E-state index in [4.69, 9.17) is 12.2 Å². The second-order valence-corrected chi connectivity index (χ2v) is 7.12. The summed E-state index contributed by atoms with van der Waals surface area (Å²) >= 11 is 5.63. The summed E-state index contributed by atoms with van der Waals surface area (Å²) in [6, 6.07) is 8.78. The van der Waals surface area contributed by atoms with E-state index in [0.717, 1.165) is 15.8 Å². The highest BCUT2D eigenvalue weighted by atomic mass is 32.1. The summed E-state index contributed by atoms with van der Waals surface area (Å²) in [6.45, 7) is 4.71. The smallest absolute Gasteiger partial charge is 0.178 e. The van der Waals surface area contributed by atoms with Gasteiger partial charge in [0.2, 0.25) is 0 Å². The summed E-state index contributed by atoms with van der Waals surface area (Å²) < 4.78 is 3.17. The van der Waals surface area contributed by atoms with Crippen molar-refractivity contribution in [2.75, 3.05) is 0 Å². The molecule has 3 aromatic rings. The number of rotatable bonds is 1. The number of hydrogen-bond donors (Lipinski definition) is 1. The number of H-pyrrole nitrogens is 1. The van der Waals surface area contributed by atoms with Gasteiger partial charge in [-0.15, -0.1) is 0 Å². The fraction of sp³-hybridized carbons (Fsp3) is 0.412. The van der Waals surface area contributed by atoms with Crippen molar-refractivity contribution in [1.29, 1.82) is 0 Å². The Hall–Kier alpha value is -1.68. The van der Waals surface area contributed by atoms with Gasteiger partial charge in [-0.2, -0.15) is 0 Å². The molecule has 3 nitrogen and oxygen atoms in total. The van der Waals surface area contributed by atoms with Crippen molar-refractivity contribution in [2.45, 2.75) is 39.2 Å². The van der Waals surface area contributed by atoms with Gasteiger partial charge in [-0.25, -0.2) is 0 Å². The van der Waals surface area contributed by atoms with E-state index in [2.05, 4.69) is 46.6 Å². The van der Waals surface area contributed by atoms with Crippen molar-refractivity contribution in [2.24, 2.45) is 5.41 Å². The standard InChI is InChI=1S/C17H19N3S/c1-17(2)9-5-8-14(17)20-15-11-6-3-4-7-12(11)18-10-13(15)19-16(20)21/h3-4,6-7,10,14H,5,8-9H2,1-2H3,(H,19,21). The molecular weight excluding hydrogens is 278 g/mol. The lowest BCUT2D eigenvalue weighted by Gasteiger charge is -2.29. The van der Waals surface area contributed by atoms with Gasteiger partial charge in [0.15, 0.2) is 4.77 Å². The lowest BCUT2D eigenvalue weighted by Crippen LogP contribution is -2.21. The third-order valence-electron chi connectivity index (χ3n) is 4.96. The first-order valence-electron chi connectivity index (χ1n) is 7.56. The van der Waals surface area contributed by atoms with Crippen LogP contribution < -0.4 is 0 Å². The molecule has 0 aliphatic heterocycles. The van der Waals surface area contributed by atoms with Crippen molar-refractivity contribution in [3.63, 3.8) is 0 Å². The van der Waals surface area contributed by atoms with Gasteiger partial charge in [0.05, 0.1) is 22.7 Å². The molecule has 0 radical (unpaired) electrons. The molecule has 0 bridgehead atoms. The van der Waals surface area contributed by atoms with Crippen molar-refractivity contribution in [3.8, 4) is 0 Å². The van der Waals surface area contributed by atoms with Gasteiger partial charge in [-0.1, -0.05) is 38.5 Å². The third kappa shape index (κ3) is 1.85. The summed E-state index contributed by atoms with van der Waals surface area (Å²) in [4.78, 5) is 7.89. The topological polar surface area (TPSA) is 33.6 Å². The van der Waals surface area contributed by atoms with E-state index < -0.39 is 0 Å². The second-order valence-electron chi connectivity index (χ2n) is 6.73. The summed E-state index contributed by atoms with van der Waals surface area (Å²) in [5.41, 5.74) is 3.58. The first-order valence-corrected chi connectivity index (χ1v) is 7.97. The Bertz CT molecular complexity index is 888. The van der Waals surface area contributed by atoms with E-state index in [-0.39, 0.29) is 5.41 Å². The summed E-state index contributed by atoms with van der Waals surface area (Å²) in [5.74, 6) is 0. The minimum Gasteiger partial charge on any atom is -0.329 e. The number of benzene rings is 1. The molecule has 4 heteroatoms. The zero-order valence-electron chi connectivity index (χ0n) is 12.4. The highest BCUT2D eigenvalue weighted by Gasteiger charge is 2.37. The predicted octanol–water partition coefficient (Wildman–Crippen LogP) is 5.00. The average Bonchev–Trinajstić information content (AvgIpc) is 2.97. The number of para-hydroxylation sites is 1. The van der Waals surface area contributed by atoms with Crippen LogP contribution in [0.2, 0.25) is 0 Å². The zero-order chi connectivity index (χ0) is 14.6. The Morgan fingerprint density at radius 1 is 1.33 bits per heavy atom. The quantitative estimate of drug-likeness (QED) is 0.641. The molecule has 1 unspecified atom stereocenters. The lowest BCUT2D eigenvalue weighted by atomic mass is 9.87. The highest BCUT2D eigenvalue weighted by Crippen LogP contribution is 2.47. The zero-order valence-corrected chi connectivity index (χ0v) is 13.2. The van der Waals surface area contributed by atoms with Crippen molar-refractivity contribution < 1.29 is 0 Å². The fourth-order valence-corrected chi connectivity index (χ4v) is 4.17.